The van der Waals surface area contributed by atoms with E-state index in [0.717, 1.165) is 5.76 Å². The van der Waals surface area contributed by atoms with Crippen LogP contribution >= 0.6 is 11.6 Å². The second kappa shape index (κ2) is 8.58. The van der Waals surface area contributed by atoms with Crippen molar-refractivity contribution in [2.45, 2.75) is 38.7 Å². The Hall–Kier alpha value is -2.47. The molecule has 4 rings (SSSR count). The fourth-order valence-electron chi connectivity index (χ4n) is 4.15. The fraction of sp³-hybridized carbons (Fsp3) is 0.280. The Morgan fingerprint density at radius 1 is 1.00 bits per heavy atom. The van der Waals surface area contributed by atoms with Gasteiger partial charge in [-0.15, -0.1) is 0 Å². The Morgan fingerprint density at radius 2 is 1.58 bits per heavy atom. The molecule has 0 spiro atoms. The topological polar surface area (TPSA) is 48.2 Å². The minimum atomic E-state index is -2.59. The highest BCUT2D eigenvalue weighted by atomic mass is 35.5. The average molecular weight is 451 g/mol. The third-order valence-corrected chi connectivity index (χ3v) is 10.9. The summed E-state index contributed by atoms with van der Waals surface area (Å²) in [5, 5.41) is 2.82. The van der Waals surface area contributed by atoms with Crippen molar-refractivity contribution in [1.29, 1.82) is 0 Å². The minimum absolute atomic E-state index is 0.0384. The summed E-state index contributed by atoms with van der Waals surface area (Å²) in [6, 6.07) is 23.2. The Kier molecular flexibility index (Phi) is 6.02. The number of benzene rings is 2. The molecule has 2 aromatic heterocycles. The molecule has 6 heteroatoms. The molecule has 1 atom stereocenters. The van der Waals surface area contributed by atoms with E-state index < -0.39 is 8.32 Å². The number of halogens is 1. The van der Waals surface area contributed by atoms with Crippen LogP contribution in [0.4, 0.5) is 0 Å². The van der Waals surface area contributed by atoms with Crippen molar-refractivity contribution >= 4 is 41.5 Å². The summed E-state index contributed by atoms with van der Waals surface area (Å²) >= 11 is 5.98. The monoisotopic (exact) mass is 450 g/mol. The van der Waals surface area contributed by atoms with Gasteiger partial charge in [0.25, 0.3) is 8.32 Å². The molecule has 0 aliphatic carbocycles. The Morgan fingerprint density at radius 3 is 2.13 bits per heavy atom. The molecular weight excluding hydrogens is 424 g/mol. The SMILES string of the molecule is CC(CO[Si](c1ccccc1)(c1ccccc1)C(C)(C)C)c1cc2nc(Cl)cnc2o1. The van der Waals surface area contributed by atoms with Gasteiger partial charge in [0.15, 0.2) is 0 Å². The second-order valence-corrected chi connectivity index (χ2v) is 13.6. The molecule has 2 heterocycles. The first-order chi connectivity index (χ1) is 14.8. The van der Waals surface area contributed by atoms with E-state index >= 15 is 0 Å². The third-order valence-electron chi connectivity index (χ3n) is 5.68. The van der Waals surface area contributed by atoms with Gasteiger partial charge in [-0.2, -0.15) is 0 Å². The van der Waals surface area contributed by atoms with Crippen LogP contribution in [0.25, 0.3) is 11.2 Å². The summed E-state index contributed by atoms with van der Waals surface area (Å²) in [6.07, 6.45) is 1.50. The van der Waals surface area contributed by atoms with Gasteiger partial charge < -0.3 is 8.84 Å². The summed E-state index contributed by atoms with van der Waals surface area (Å²) in [7, 11) is -2.59. The van der Waals surface area contributed by atoms with Crippen LogP contribution in [-0.2, 0) is 4.43 Å². The van der Waals surface area contributed by atoms with Crippen LogP contribution in [0.1, 0.15) is 39.4 Å². The van der Waals surface area contributed by atoms with Gasteiger partial charge in [-0.3, -0.25) is 0 Å². The minimum Gasteiger partial charge on any atom is -0.441 e. The first-order valence-corrected chi connectivity index (χ1v) is 12.8. The normalized spacial score (nSPS) is 13.5. The van der Waals surface area contributed by atoms with Crippen molar-refractivity contribution in [1.82, 2.24) is 9.97 Å². The quantitative estimate of drug-likeness (QED) is 0.361. The summed E-state index contributed by atoms with van der Waals surface area (Å²) in [5.74, 6) is 0.839. The van der Waals surface area contributed by atoms with Crippen molar-refractivity contribution in [2.24, 2.45) is 0 Å². The Labute approximate surface area is 189 Å². The summed E-state index contributed by atoms with van der Waals surface area (Å²) < 4.78 is 13.0. The van der Waals surface area contributed by atoms with Gasteiger partial charge in [-0.25, -0.2) is 9.97 Å². The highest BCUT2D eigenvalue weighted by Crippen LogP contribution is 2.37. The molecule has 4 aromatic rings. The molecule has 0 saturated heterocycles. The van der Waals surface area contributed by atoms with Gasteiger partial charge in [0.2, 0.25) is 5.71 Å². The molecule has 160 valence electrons. The fourth-order valence-corrected chi connectivity index (χ4v) is 8.95. The standard InChI is InChI=1S/C25H27ClN2O2Si/c1-18(22-15-21-24(30-22)27-16-23(26)28-21)17-29-31(25(2,3)4,19-11-7-5-8-12-19)20-13-9-6-10-14-20/h5-16,18H,17H2,1-4H3. The van der Waals surface area contributed by atoms with E-state index in [2.05, 4.69) is 98.3 Å². The van der Waals surface area contributed by atoms with Crippen LogP contribution in [0.5, 0.6) is 0 Å². The number of furan rings is 1. The van der Waals surface area contributed by atoms with Gasteiger partial charge in [0, 0.05) is 18.6 Å². The van der Waals surface area contributed by atoms with E-state index in [4.69, 9.17) is 20.4 Å². The average Bonchev–Trinajstić information content (AvgIpc) is 3.18. The largest absolute Gasteiger partial charge is 0.441 e. The molecule has 0 radical (unpaired) electrons. The zero-order chi connectivity index (χ0) is 22.1. The predicted octanol–water partition coefficient (Wildman–Crippen LogP) is 5.56. The smallest absolute Gasteiger partial charge is 0.261 e. The van der Waals surface area contributed by atoms with E-state index in [-0.39, 0.29) is 11.0 Å². The van der Waals surface area contributed by atoms with Gasteiger partial charge in [0.1, 0.15) is 16.4 Å². The molecule has 0 bridgehead atoms. The van der Waals surface area contributed by atoms with E-state index in [0.29, 0.717) is 23.0 Å². The molecular formula is C25H27ClN2O2Si. The van der Waals surface area contributed by atoms with Crippen LogP contribution in [0, 0.1) is 0 Å². The van der Waals surface area contributed by atoms with Gasteiger partial charge >= 0.3 is 0 Å². The van der Waals surface area contributed by atoms with E-state index in [1.54, 1.807) is 0 Å². The van der Waals surface area contributed by atoms with Crippen molar-refractivity contribution in [2.75, 3.05) is 6.61 Å². The van der Waals surface area contributed by atoms with Crippen LogP contribution in [-0.4, -0.2) is 24.9 Å². The third kappa shape index (κ3) is 4.18. The number of hydrogen-bond donors (Lipinski definition) is 0. The second-order valence-electron chi connectivity index (χ2n) is 8.91. The van der Waals surface area contributed by atoms with Crippen molar-refractivity contribution in [3.05, 3.63) is 83.8 Å². The molecule has 0 aliphatic rings. The van der Waals surface area contributed by atoms with Crippen LogP contribution in [0.15, 0.2) is 77.3 Å². The van der Waals surface area contributed by atoms with E-state index in [9.17, 15) is 0 Å². The van der Waals surface area contributed by atoms with Gasteiger partial charge in [-0.1, -0.05) is 100.0 Å². The lowest BCUT2D eigenvalue weighted by atomic mass is 10.1. The van der Waals surface area contributed by atoms with Gasteiger partial charge in [-0.05, 0) is 15.4 Å². The molecule has 4 nitrogen and oxygen atoms in total. The molecule has 0 saturated carbocycles. The molecule has 31 heavy (non-hydrogen) atoms. The number of aromatic nitrogens is 2. The van der Waals surface area contributed by atoms with E-state index in [1.165, 1.54) is 16.6 Å². The molecule has 0 fully saturated rings. The lowest BCUT2D eigenvalue weighted by Crippen LogP contribution is -2.66. The van der Waals surface area contributed by atoms with Crippen LogP contribution in [0.2, 0.25) is 10.2 Å². The zero-order valence-corrected chi connectivity index (χ0v) is 20.1. The highest BCUT2D eigenvalue weighted by Gasteiger charge is 2.50. The lowest BCUT2D eigenvalue weighted by molar-refractivity contribution is 0.265. The molecule has 0 N–H and O–H groups in total. The highest BCUT2D eigenvalue weighted by molar-refractivity contribution is 6.99. The van der Waals surface area contributed by atoms with Crippen LogP contribution in [0.3, 0.4) is 0 Å². The first kappa shape index (κ1) is 21.7. The number of fused-ring (bicyclic) bond motifs is 1. The maximum Gasteiger partial charge on any atom is 0.261 e. The van der Waals surface area contributed by atoms with Crippen molar-refractivity contribution < 1.29 is 8.84 Å². The van der Waals surface area contributed by atoms with Crippen molar-refractivity contribution in [3.8, 4) is 0 Å². The van der Waals surface area contributed by atoms with Gasteiger partial charge in [0.05, 0.1) is 6.20 Å². The summed E-state index contributed by atoms with van der Waals surface area (Å²) in [5.41, 5.74) is 1.16. The number of nitrogens with zero attached hydrogens (tertiary/aromatic N) is 2. The molecule has 0 aliphatic heterocycles. The zero-order valence-electron chi connectivity index (χ0n) is 18.3. The number of hydrogen-bond acceptors (Lipinski definition) is 4. The molecule has 2 aromatic carbocycles. The summed E-state index contributed by atoms with van der Waals surface area (Å²) in [4.78, 5) is 8.53. The molecule has 1 unspecified atom stereocenters. The number of rotatable bonds is 6. The Balaban J connectivity index is 1.72. The van der Waals surface area contributed by atoms with Crippen molar-refractivity contribution in [3.63, 3.8) is 0 Å². The van der Waals surface area contributed by atoms with E-state index in [1.807, 2.05) is 6.07 Å². The first-order valence-electron chi connectivity index (χ1n) is 10.5. The maximum absolute atomic E-state index is 7.01. The molecule has 0 amide bonds. The lowest BCUT2D eigenvalue weighted by Gasteiger charge is -2.43. The maximum atomic E-state index is 7.01. The summed E-state index contributed by atoms with van der Waals surface area (Å²) in [6.45, 7) is 9.47. The van der Waals surface area contributed by atoms with Crippen LogP contribution < -0.4 is 10.4 Å². The predicted molar refractivity (Wildman–Crippen MR) is 129 cm³/mol. The Bertz CT molecular complexity index is 1120.